The number of amides is 2. The van der Waals surface area contributed by atoms with Gasteiger partial charge in [0.2, 0.25) is 0 Å². The minimum Gasteiger partial charge on any atom is -0.344 e. The van der Waals surface area contributed by atoms with Gasteiger partial charge in [0.1, 0.15) is 11.5 Å². The molecule has 0 atom stereocenters. The fraction of sp³-hybridized carbons (Fsp3) is 0.111. The molecule has 0 aliphatic rings. The van der Waals surface area contributed by atoms with E-state index in [0.29, 0.717) is 11.1 Å². The molecule has 2 aromatic rings. The average Bonchev–Trinajstić information content (AvgIpc) is 2.56. The molecular formula is C18H17FN2O2. The van der Waals surface area contributed by atoms with Crippen molar-refractivity contribution >= 4 is 17.9 Å². The first-order valence-electron chi connectivity index (χ1n) is 7.02. The van der Waals surface area contributed by atoms with Gasteiger partial charge in [-0.15, -0.1) is 0 Å². The molecule has 1 N–H and O–H groups in total. The van der Waals surface area contributed by atoms with Crippen LogP contribution in [0.15, 0.2) is 60.3 Å². The molecule has 4 nitrogen and oxygen atoms in total. The van der Waals surface area contributed by atoms with E-state index in [0.717, 1.165) is 0 Å². The van der Waals surface area contributed by atoms with E-state index in [4.69, 9.17) is 0 Å². The highest BCUT2D eigenvalue weighted by atomic mass is 19.1. The Morgan fingerprint density at radius 2 is 1.61 bits per heavy atom. The Labute approximate surface area is 134 Å². The second kappa shape index (κ2) is 7.35. The predicted octanol–water partition coefficient (Wildman–Crippen LogP) is 2.68. The molecule has 2 rings (SSSR count). The van der Waals surface area contributed by atoms with Crippen LogP contribution in [-0.4, -0.2) is 30.8 Å². The molecule has 0 fully saturated rings. The molecule has 0 heterocycles. The van der Waals surface area contributed by atoms with Gasteiger partial charge in [-0.2, -0.15) is 0 Å². The van der Waals surface area contributed by atoms with E-state index in [9.17, 15) is 14.0 Å². The van der Waals surface area contributed by atoms with Crippen molar-refractivity contribution in [3.8, 4) is 0 Å². The summed E-state index contributed by atoms with van der Waals surface area (Å²) in [4.78, 5) is 25.9. The third kappa shape index (κ3) is 4.51. The third-order valence-electron chi connectivity index (χ3n) is 3.10. The number of hydrogen-bond acceptors (Lipinski definition) is 2. The summed E-state index contributed by atoms with van der Waals surface area (Å²) >= 11 is 0. The topological polar surface area (TPSA) is 49.4 Å². The third-order valence-corrected chi connectivity index (χ3v) is 3.10. The number of nitrogens with one attached hydrogen (secondary N) is 1. The summed E-state index contributed by atoms with van der Waals surface area (Å²) in [6.07, 6.45) is 1.52. The zero-order chi connectivity index (χ0) is 16.8. The van der Waals surface area contributed by atoms with Crippen LogP contribution < -0.4 is 5.32 Å². The zero-order valence-corrected chi connectivity index (χ0v) is 12.9. The SMILES string of the molecule is CN(C)C(=O)/C(=C/c1ccc(F)cc1)NC(=O)c1ccccc1. The van der Waals surface area contributed by atoms with Gasteiger partial charge < -0.3 is 10.2 Å². The van der Waals surface area contributed by atoms with Crippen LogP contribution in [0.25, 0.3) is 6.08 Å². The van der Waals surface area contributed by atoms with E-state index in [1.807, 2.05) is 0 Å². The molecule has 2 amide bonds. The monoisotopic (exact) mass is 312 g/mol. The maximum Gasteiger partial charge on any atom is 0.269 e. The Balaban J connectivity index is 2.29. The molecule has 2 aromatic carbocycles. The minimum atomic E-state index is -0.380. The smallest absolute Gasteiger partial charge is 0.269 e. The number of likely N-dealkylation sites (N-methyl/N-ethyl adjacent to an activating group) is 1. The number of carbonyl (C=O) groups excluding carboxylic acids is 2. The van der Waals surface area contributed by atoms with Crippen molar-refractivity contribution in [3.05, 3.63) is 77.2 Å². The van der Waals surface area contributed by atoms with E-state index >= 15 is 0 Å². The number of rotatable bonds is 4. The van der Waals surface area contributed by atoms with Crippen LogP contribution in [0.5, 0.6) is 0 Å². The van der Waals surface area contributed by atoms with Crippen LogP contribution in [0.1, 0.15) is 15.9 Å². The van der Waals surface area contributed by atoms with E-state index in [-0.39, 0.29) is 23.3 Å². The van der Waals surface area contributed by atoms with Gasteiger partial charge in [0.15, 0.2) is 0 Å². The van der Waals surface area contributed by atoms with Gasteiger partial charge in [0.25, 0.3) is 11.8 Å². The zero-order valence-electron chi connectivity index (χ0n) is 12.9. The van der Waals surface area contributed by atoms with Crippen molar-refractivity contribution in [3.63, 3.8) is 0 Å². The molecule has 0 aliphatic carbocycles. The van der Waals surface area contributed by atoms with Gasteiger partial charge in [-0.3, -0.25) is 9.59 Å². The summed E-state index contributed by atoms with van der Waals surface area (Å²) in [5, 5.41) is 2.61. The fourth-order valence-electron chi connectivity index (χ4n) is 1.90. The lowest BCUT2D eigenvalue weighted by atomic mass is 10.1. The molecule has 0 unspecified atom stereocenters. The summed E-state index contributed by atoms with van der Waals surface area (Å²) in [5.41, 5.74) is 1.18. The molecule has 118 valence electrons. The Morgan fingerprint density at radius 3 is 2.17 bits per heavy atom. The largest absolute Gasteiger partial charge is 0.344 e. The van der Waals surface area contributed by atoms with E-state index in [2.05, 4.69) is 5.32 Å². The quantitative estimate of drug-likeness (QED) is 0.883. The molecule has 0 aromatic heterocycles. The Bertz CT molecular complexity index is 722. The number of benzene rings is 2. The van der Waals surface area contributed by atoms with Crippen molar-refractivity contribution < 1.29 is 14.0 Å². The highest BCUT2D eigenvalue weighted by Crippen LogP contribution is 2.10. The van der Waals surface area contributed by atoms with Crippen molar-refractivity contribution in [2.45, 2.75) is 0 Å². The summed E-state index contributed by atoms with van der Waals surface area (Å²) in [5.74, 6) is -1.09. The van der Waals surface area contributed by atoms with Crippen molar-refractivity contribution in [1.29, 1.82) is 0 Å². The molecule has 0 bridgehead atoms. The van der Waals surface area contributed by atoms with Crippen LogP contribution in [0.3, 0.4) is 0 Å². The number of hydrogen-bond donors (Lipinski definition) is 1. The second-order valence-corrected chi connectivity index (χ2v) is 5.13. The predicted molar refractivity (Wildman–Crippen MR) is 87.0 cm³/mol. The maximum absolute atomic E-state index is 13.0. The van der Waals surface area contributed by atoms with Crippen LogP contribution in [0, 0.1) is 5.82 Å². The number of carbonyl (C=O) groups is 2. The van der Waals surface area contributed by atoms with Crippen molar-refractivity contribution in [2.24, 2.45) is 0 Å². The first-order chi connectivity index (χ1) is 11.0. The van der Waals surface area contributed by atoms with Gasteiger partial charge in [-0.1, -0.05) is 30.3 Å². The fourth-order valence-corrected chi connectivity index (χ4v) is 1.90. The van der Waals surface area contributed by atoms with Gasteiger partial charge in [-0.25, -0.2) is 4.39 Å². The molecule has 0 aliphatic heterocycles. The molecule has 0 saturated heterocycles. The van der Waals surface area contributed by atoms with Gasteiger partial charge in [0.05, 0.1) is 0 Å². The molecule has 0 saturated carbocycles. The highest BCUT2D eigenvalue weighted by molar-refractivity contribution is 6.05. The summed E-state index contributed by atoms with van der Waals surface area (Å²) in [6, 6.07) is 14.3. The summed E-state index contributed by atoms with van der Waals surface area (Å²) < 4.78 is 13.0. The molecule has 0 spiro atoms. The van der Waals surface area contributed by atoms with Crippen molar-refractivity contribution in [1.82, 2.24) is 10.2 Å². The second-order valence-electron chi connectivity index (χ2n) is 5.13. The van der Waals surface area contributed by atoms with E-state index in [1.54, 1.807) is 44.4 Å². The lowest BCUT2D eigenvalue weighted by Gasteiger charge is -2.15. The maximum atomic E-state index is 13.0. The van der Waals surface area contributed by atoms with Crippen LogP contribution in [-0.2, 0) is 4.79 Å². The van der Waals surface area contributed by atoms with E-state index in [1.165, 1.54) is 35.2 Å². The lowest BCUT2D eigenvalue weighted by molar-refractivity contribution is -0.124. The van der Waals surface area contributed by atoms with Crippen LogP contribution in [0.2, 0.25) is 0 Å². The normalized spacial score (nSPS) is 11.0. The Hall–Kier alpha value is -2.95. The molecule has 23 heavy (non-hydrogen) atoms. The van der Waals surface area contributed by atoms with Crippen molar-refractivity contribution in [2.75, 3.05) is 14.1 Å². The standard InChI is InChI=1S/C18H17FN2O2/c1-21(2)18(23)16(12-13-8-10-15(19)11-9-13)20-17(22)14-6-4-3-5-7-14/h3-12H,1-2H3,(H,20,22)/b16-12-. The van der Waals surface area contributed by atoms with Crippen LogP contribution >= 0.6 is 0 Å². The highest BCUT2D eigenvalue weighted by Gasteiger charge is 2.16. The number of nitrogens with zero attached hydrogens (tertiary/aromatic N) is 1. The van der Waals surface area contributed by atoms with Crippen LogP contribution in [0.4, 0.5) is 4.39 Å². The Morgan fingerprint density at radius 1 is 1.00 bits per heavy atom. The first-order valence-corrected chi connectivity index (χ1v) is 7.02. The van der Waals surface area contributed by atoms with Gasteiger partial charge in [0, 0.05) is 19.7 Å². The molecule has 5 heteroatoms. The minimum absolute atomic E-state index is 0.121. The average molecular weight is 312 g/mol. The first kappa shape index (κ1) is 16.4. The van der Waals surface area contributed by atoms with E-state index < -0.39 is 0 Å². The van der Waals surface area contributed by atoms with Gasteiger partial charge in [-0.05, 0) is 35.9 Å². The molecular weight excluding hydrogens is 295 g/mol. The summed E-state index contributed by atoms with van der Waals surface area (Å²) in [7, 11) is 3.19. The lowest BCUT2D eigenvalue weighted by Crippen LogP contribution is -2.34. The Kier molecular flexibility index (Phi) is 5.25. The summed E-state index contributed by atoms with van der Waals surface area (Å²) in [6.45, 7) is 0. The number of halogens is 1. The molecule has 0 radical (unpaired) electrons. The van der Waals surface area contributed by atoms with Gasteiger partial charge >= 0.3 is 0 Å².